The summed E-state index contributed by atoms with van der Waals surface area (Å²) in [4.78, 5) is 4.08. The van der Waals surface area contributed by atoms with Crippen molar-refractivity contribution in [2.45, 2.75) is 6.54 Å². The van der Waals surface area contributed by atoms with Crippen LogP contribution in [0.3, 0.4) is 0 Å². The number of phenols is 1. The van der Waals surface area contributed by atoms with Crippen LogP contribution in [0.1, 0.15) is 5.56 Å². The number of guanidine groups is 1. The van der Waals surface area contributed by atoms with Crippen LogP contribution in [0.15, 0.2) is 53.5 Å². The third-order valence-corrected chi connectivity index (χ3v) is 3.10. The zero-order valence-corrected chi connectivity index (χ0v) is 12.9. The summed E-state index contributed by atoms with van der Waals surface area (Å²) in [6, 6.07) is 13.8. The van der Waals surface area contributed by atoms with Crippen LogP contribution in [0, 0.1) is 5.82 Å². The standard InChI is InChI=1S/C17H20FN3O2/c1-19-17(20-9-10-23-14-5-3-2-4-6-14)21-12-13-7-8-16(22)15(18)11-13/h2-8,11,22H,9-10,12H2,1H3,(H2,19,20,21). The molecule has 2 rings (SSSR count). The summed E-state index contributed by atoms with van der Waals surface area (Å²) >= 11 is 0. The van der Waals surface area contributed by atoms with Gasteiger partial charge in [-0.3, -0.25) is 4.99 Å². The fraction of sp³-hybridized carbons (Fsp3) is 0.235. The third-order valence-electron chi connectivity index (χ3n) is 3.10. The molecule has 0 fully saturated rings. The molecule has 0 spiro atoms. The van der Waals surface area contributed by atoms with E-state index in [9.17, 15) is 4.39 Å². The van der Waals surface area contributed by atoms with Crippen LogP contribution in [-0.2, 0) is 6.54 Å². The molecule has 0 aliphatic heterocycles. The van der Waals surface area contributed by atoms with E-state index in [4.69, 9.17) is 9.84 Å². The van der Waals surface area contributed by atoms with Gasteiger partial charge in [-0.25, -0.2) is 4.39 Å². The smallest absolute Gasteiger partial charge is 0.191 e. The van der Waals surface area contributed by atoms with Crippen molar-refractivity contribution in [1.29, 1.82) is 0 Å². The number of aromatic hydroxyl groups is 1. The molecule has 0 aromatic heterocycles. The minimum atomic E-state index is -0.636. The van der Waals surface area contributed by atoms with E-state index in [1.807, 2.05) is 30.3 Å². The molecule has 2 aromatic rings. The highest BCUT2D eigenvalue weighted by molar-refractivity contribution is 5.79. The molecule has 0 unspecified atom stereocenters. The quantitative estimate of drug-likeness (QED) is 0.434. The zero-order valence-electron chi connectivity index (χ0n) is 12.9. The molecule has 0 amide bonds. The molecular weight excluding hydrogens is 297 g/mol. The van der Waals surface area contributed by atoms with Crippen molar-refractivity contribution in [1.82, 2.24) is 10.6 Å². The normalized spacial score (nSPS) is 11.1. The molecule has 0 heterocycles. The van der Waals surface area contributed by atoms with Crippen molar-refractivity contribution in [2.75, 3.05) is 20.2 Å². The highest BCUT2D eigenvalue weighted by Gasteiger charge is 2.03. The maximum absolute atomic E-state index is 13.3. The van der Waals surface area contributed by atoms with Crippen LogP contribution in [0.4, 0.5) is 4.39 Å². The Balaban J connectivity index is 1.72. The lowest BCUT2D eigenvalue weighted by atomic mass is 10.2. The molecule has 23 heavy (non-hydrogen) atoms. The van der Waals surface area contributed by atoms with E-state index in [0.29, 0.717) is 31.2 Å². The number of ether oxygens (including phenoxy) is 1. The van der Waals surface area contributed by atoms with Gasteiger partial charge in [-0.2, -0.15) is 0 Å². The predicted molar refractivity (Wildman–Crippen MR) is 88.2 cm³/mol. The van der Waals surface area contributed by atoms with Gasteiger partial charge in [0.05, 0.1) is 6.54 Å². The first-order valence-electron chi connectivity index (χ1n) is 7.29. The molecule has 0 aliphatic rings. The number of phenolic OH excluding ortho intramolecular Hbond substituents is 1. The Morgan fingerprint density at radius 1 is 1.17 bits per heavy atom. The number of para-hydroxylation sites is 1. The van der Waals surface area contributed by atoms with Gasteiger partial charge in [0.2, 0.25) is 0 Å². The molecule has 5 nitrogen and oxygen atoms in total. The van der Waals surface area contributed by atoms with Gasteiger partial charge in [0.1, 0.15) is 12.4 Å². The Hall–Kier alpha value is -2.76. The number of hydrogen-bond acceptors (Lipinski definition) is 3. The molecule has 122 valence electrons. The lowest BCUT2D eigenvalue weighted by Gasteiger charge is -2.12. The van der Waals surface area contributed by atoms with Gasteiger partial charge in [-0.15, -0.1) is 0 Å². The van der Waals surface area contributed by atoms with Gasteiger partial charge in [0.15, 0.2) is 17.5 Å². The van der Waals surface area contributed by atoms with Crippen LogP contribution < -0.4 is 15.4 Å². The van der Waals surface area contributed by atoms with Crippen molar-refractivity contribution in [3.63, 3.8) is 0 Å². The maximum Gasteiger partial charge on any atom is 0.191 e. The number of halogens is 1. The van der Waals surface area contributed by atoms with Crippen molar-refractivity contribution in [3.8, 4) is 11.5 Å². The average Bonchev–Trinajstić information content (AvgIpc) is 2.58. The molecule has 0 atom stereocenters. The first-order valence-corrected chi connectivity index (χ1v) is 7.29. The Morgan fingerprint density at radius 2 is 1.96 bits per heavy atom. The van der Waals surface area contributed by atoms with Gasteiger partial charge in [-0.05, 0) is 29.8 Å². The van der Waals surface area contributed by atoms with Crippen LogP contribution in [0.5, 0.6) is 11.5 Å². The number of benzene rings is 2. The van der Waals surface area contributed by atoms with E-state index in [2.05, 4.69) is 15.6 Å². The Bertz CT molecular complexity index is 648. The Labute approximate surface area is 134 Å². The van der Waals surface area contributed by atoms with Crippen LogP contribution in [0.25, 0.3) is 0 Å². The van der Waals surface area contributed by atoms with Gasteiger partial charge in [0, 0.05) is 13.6 Å². The van der Waals surface area contributed by atoms with Gasteiger partial charge in [0.25, 0.3) is 0 Å². The lowest BCUT2D eigenvalue weighted by Crippen LogP contribution is -2.38. The van der Waals surface area contributed by atoms with Gasteiger partial charge >= 0.3 is 0 Å². The van der Waals surface area contributed by atoms with E-state index in [1.165, 1.54) is 12.1 Å². The SMILES string of the molecule is CN=C(NCCOc1ccccc1)NCc1ccc(O)c(F)c1. The molecule has 0 bridgehead atoms. The van der Waals surface area contributed by atoms with E-state index in [0.717, 1.165) is 5.75 Å². The lowest BCUT2D eigenvalue weighted by molar-refractivity contribution is 0.322. The third kappa shape index (κ3) is 5.50. The van der Waals surface area contributed by atoms with E-state index >= 15 is 0 Å². The largest absolute Gasteiger partial charge is 0.505 e. The molecule has 0 aliphatic carbocycles. The van der Waals surface area contributed by atoms with Crippen molar-refractivity contribution in [2.24, 2.45) is 4.99 Å². The maximum atomic E-state index is 13.3. The van der Waals surface area contributed by atoms with E-state index in [-0.39, 0.29) is 5.75 Å². The summed E-state index contributed by atoms with van der Waals surface area (Å²) in [5.74, 6) is 0.421. The van der Waals surface area contributed by atoms with Crippen molar-refractivity contribution >= 4 is 5.96 Å². The number of hydrogen-bond donors (Lipinski definition) is 3. The van der Waals surface area contributed by atoms with Crippen LogP contribution in [0.2, 0.25) is 0 Å². The fourth-order valence-corrected chi connectivity index (χ4v) is 1.92. The number of nitrogens with zero attached hydrogens (tertiary/aromatic N) is 1. The van der Waals surface area contributed by atoms with Crippen molar-refractivity contribution < 1.29 is 14.2 Å². The summed E-state index contributed by atoms with van der Waals surface area (Å²) < 4.78 is 18.8. The van der Waals surface area contributed by atoms with Gasteiger partial charge < -0.3 is 20.5 Å². The van der Waals surface area contributed by atoms with E-state index < -0.39 is 5.82 Å². The first-order chi connectivity index (χ1) is 11.2. The molecule has 6 heteroatoms. The molecular formula is C17H20FN3O2. The summed E-state index contributed by atoms with van der Waals surface area (Å²) in [6.07, 6.45) is 0. The van der Waals surface area contributed by atoms with Crippen molar-refractivity contribution in [3.05, 3.63) is 59.9 Å². The topological polar surface area (TPSA) is 65.9 Å². The molecule has 3 N–H and O–H groups in total. The van der Waals surface area contributed by atoms with E-state index in [1.54, 1.807) is 13.1 Å². The summed E-state index contributed by atoms with van der Waals surface area (Å²) in [6.45, 7) is 1.48. The molecule has 0 radical (unpaired) electrons. The second-order valence-corrected chi connectivity index (χ2v) is 4.80. The van der Waals surface area contributed by atoms with Crippen LogP contribution in [-0.4, -0.2) is 31.3 Å². The number of nitrogens with one attached hydrogen (secondary N) is 2. The molecule has 0 saturated carbocycles. The summed E-state index contributed by atoms with van der Waals surface area (Å²) in [5.41, 5.74) is 0.712. The number of rotatable bonds is 6. The van der Waals surface area contributed by atoms with Crippen LogP contribution >= 0.6 is 0 Å². The summed E-state index contributed by atoms with van der Waals surface area (Å²) in [7, 11) is 1.66. The minimum absolute atomic E-state index is 0.352. The Morgan fingerprint density at radius 3 is 2.65 bits per heavy atom. The molecule has 0 saturated heterocycles. The highest BCUT2D eigenvalue weighted by Crippen LogP contribution is 2.15. The number of aliphatic imine (C=N–C) groups is 1. The van der Waals surface area contributed by atoms with Gasteiger partial charge in [-0.1, -0.05) is 24.3 Å². The second-order valence-electron chi connectivity index (χ2n) is 4.80. The monoisotopic (exact) mass is 317 g/mol. The Kier molecular flexibility index (Phi) is 6.23. The average molecular weight is 317 g/mol. The zero-order chi connectivity index (χ0) is 16.5. The minimum Gasteiger partial charge on any atom is -0.505 e. The molecule has 2 aromatic carbocycles. The first kappa shape index (κ1) is 16.6. The summed E-state index contributed by atoms with van der Waals surface area (Å²) in [5, 5.41) is 15.3. The second kappa shape index (κ2) is 8.63. The predicted octanol–water partition coefficient (Wildman–Crippen LogP) is 2.28. The fourth-order valence-electron chi connectivity index (χ4n) is 1.92. The highest BCUT2D eigenvalue weighted by atomic mass is 19.1.